The summed E-state index contributed by atoms with van der Waals surface area (Å²) >= 11 is 1.21. The Balaban J connectivity index is 2.29. The predicted molar refractivity (Wildman–Crippen MR) is 75.4 cm³/mol. The van der Waals surface area contributed by atoms with Gasteiger partial charge in [-0.1, -0.05) is 11.8 Å². The molecule has 1 aromatic rings. The van der Waals surface area contributed by atoms with Gasteiger partial charge in [0.1, 0.15) is 6.33 Å². The minimum absolute atomic E-state index is 0.0226. The van der Waals surface area contributed by atoms with E-state index in [1.54, 1.807) is 6.33 Å². The van der Waals surface area contributed by atoms with Crippen molar-refractivity contribution in [1.29, 1.82) is 0 Å². The number of aliphatic carboxylic acids is 1. The molecule has 0 fully saturated rings. The fourth-order valence-electron chi connectivity index (χ4n) is 1.54. The standard InChI is InChI=1S/C12H22N4O2S/c1-10(2)15(3)6-4-5-7-16-9-13-14-12(16)19-8-11(17)18/h9-10H,4-8H2,1-3H3,(H,17,18). The summed E-state index contributed by atoms with van der Waals surface area (Å²) in [6, 6.07) is 0.566. The lowest BCUT2D eigenvalue weighted by molar-refractivity contribution is -0.133. The van der Waals surface area contributed by atoms with Crippen LogP contribution in [0.3, 0.4) is 0 Å². The van der Waals surface area contributed by atoms with E-state index in [1.807, 2.05) is 4.57 Å². The maximum absolute atomic E-state index is 10.5. The van der Waals surface area contributed by atoms with Gasteiger partial charge in [0, 0.05) is 12.6 Å². The average molecular weight is 286 g/mol. The van der Waals surface area contributed by atoms with Crippen LogP contribution in [0.25, 0.3) is 0 Å². The Labute approximate surface area is 118 Å². The van der Waals surface area contributed by atoms with E-state index >= 15 is 0 Å². The molecular formula is C12H22N4O2S. The molecule has 19 heavy (non-hydrogen) atoms. The van der Waals surface area contributed by atoms with Crippen LogP contribution >= 0.6 is 11.8 Å². The molecule has 0 saturated carbocycles. The summed E-state index contributed by atoms with van der Waals surface area (Å²) in [6.45, 7) is 6.26. The highest BCUT2D eigenvalue weighted by molar-refractivity contribution is 7.99. The van der Waals surface area contributed by atoms with Crippen molar-refractivity contribution >= 4 is 17.7 Å². The first-order valence-electron chi connectivity index (χ1n) is 6.43. The van der Waals surface area contributed by atoms with Gasteiger partial charge in [0.05, 0.1) is 5.75 Å². The van der Waals surface area contributed by atoms with E-state index in [1.165, 1.54) is 11.8 Å². The number of aryl methyl sites for hydroxylation is 1. The maximum atomic E-state index is 10.5. The van der Waals surface area contributed by atoms with Crippen LogP contribution in [0.2, 0.25) is 0 Å². The molecule has 0 spiro atoms. The number of carboxylic acids is 1. The number of hydrogen-bond acceptors (Lipinski definition) is 5. The molecule has 1 heterocycles. The molecule has 0 unspecified atom stereocenters. The average Bonchev–Trinajstić information content (AvgIpc) is 2.79. The van der Waals surface area contributed by atoms with Crippen LogP contribution in [0.15, 0.2) is 11.5 Å². The van der Waals surface area contributed by atoms with Gasteiger partial charge in [-0.05, 0) is 40.3 Å². The molecule has 7 heteroatoms. The summed E-state index contributed by atoms with van der Waals surface area (Å²) in [5.41, 5.74) is 0. The Bertz CT molecular complexity index is 395. The number of aromatic nitrogens is 3. The maximum Gasteiger partial charge on any atom is 0.313 e. The molecule has 0 aliphatic rings. The molecule has 1 aromatic heterocycles. The van der Waals surface area contributed by atoms with E-state index < -0.39 is 5.97 Å². The van der Waals surface area contributed by atoms with Crippen LogP contribution in [-0.2, 0) is 11.3 Å². The number of rotatable bonds is 9. The molecule has 0 saturated heterocycles. The largest absolute Gasteiger partial charge is 0.481 e. The van der Waals surface area contributed by atoms with Crippen molar-refractivity contribution < 1.29 is 9.90 Å². The molecule has 0 atom stereocenters. The summed E-state index contributed by atoms with van der Waals surface area (Å²) in [5, 5.41) is 17.1. The zero-order valence-corrected chi connectivity index (χ0v) is 12.6. The van der Waals surface area contributed by atoms with E-state index in [4.69, 9.17) is 5.11 Å². The number of hydrogen-bond donors (Lipinski definition) is 1. The third-order valence-electron chi connectivity index (χ3n) is 2.95. The topological polar surface area (TPSA) is 71.2 Å². The van der Waals surface area contributed by atoms with Gasteiger partial charge in [0.25, 0.3) is 0 Å². The van der Waals surface area contributed by atoms with Gasteiger partial charge in [-0.3, -0.25) is 4.79 Å². The summed E-state index contributed by atoms with van der Waals surface area (Å²) < 4.78 is 1.92. The third kappa shape index (κ3) is 6.07. The Morgan fingerprint density at radius 2 is 2.26 bits per heavy atom. The predicted octanol–water partition coefficient (Wildman–Crippen LogP) is 1.58. The quantitative estimate of drug-likeness (QED) is 0.549. The second kappa shape index (κ2) is 8.16. The van der Waals surface area contributed by atoms with Crippen molar-refractivity contribution in [3.05, 3.63) is 6.33 Å². The van der Waals surface area contributed by atoms with Crippen LogP contribution in [0.4, 0.5) is 0 Å². The lowest BCUT2D eigenvalue weighted by Gasteiger charge is -2.20. The SMILES string of the molecule is CC(C)N(C)CCCCn1cnnc1SCC(=O)O. The minimum atomic E-state index is -0.835. The van der Waals surface area contributed by atoms with Crippen molar-refractivity contribution in [3.63, 3.8) is 0 Å². The summed E-state index contributed by atoms with van der Waals surface area (Å²) in [7, 11) is 2.12. The summed E-state index contributed by atoms with van der Waals surface area (Å²) in [6.07, 6.45) is 3.81. The van der Waals surface area contributed by atoms with Crippen LogP contribution in [0.5, 0.6) is 0 Å². The molecule has 1 N–H and O–H groups in total. The van der Waals surface area contributed by atoms with Gasteiger partial charge in [-0.15, -0.1) is 10.2 Å². The van der Waals surface area contributed by atoms with Crippen molar-refractivity contribution in [3.8, 4) is 0 Å². The summed E-state index contributed by atoms with van der Waals surface area (Å²) in [4.78, 5) is 12.8. The van der Waals surface area contributed by atoms with E-state index in [9.17, 15) is 4.79 Å². The normalized spacial score (nSPS) is 11.4. The molecular weight excluding hydrogens is 264 g/mol. The lowest BCUT2D eigenvalue weighted by atomic mass is 10.2. The fraction of sp³-hybridized carbons (Fsp3) is 0.750. The van der Waals surface area contributed by atoms with Crippen LogP contribution in [0.1, 0.15) is 26.7 Å². The highest BCUT2D eigenvalue weighted by atomic mass is 32.2. The number of nitrogens with zero attached hydrogens (tertiary/aromatic N) is 4. The van der Waals surface area contributed by atoms with Crippen molar-refractivity contribution in [2.75, 3.05) is 19.3 Å². The van der Waals surface area contributed by atoms with E-state index in [2.05, 4.69) is 36.0 Å². The third-order valence-corrected chi connectivity index (χ3v) is 3.91. The molecule has 0 aliphatic heterocycles. The van der Waals surface area contributed by atoms with Gasteiger partial charge in [0.2, 0.25) is 0 Å². The van der Waals surface area contributed by atoms with Crippen molar-refractivity contribution in [2.45, 2.75) is 44.4 Å². The van der Waals surface area contributed by atoms with Gasteiger partial charge >= 0.3 is 5.97 Å². The first-order valence-corrected chi connectivity index (χ1v) is 7.42. The van der Waals surface area contributed by atoms with Crippen molar-refractivity contribution in [2.24, 2.45) is 0 Å². The van der Waals surface area contributed by atoms with E-state index in [0.29, 0.717) is 11.2 Å². The highest BCUT2D eigenvalue weighted by Crippen LogP contribution is 2.15. The van der Waals surface area contributed by atoms with E-state index in [-0.39, 0.29) is 5.75 Å². The zero-order valence-electron chi connectivity index (χ0n) is 11.7. The highest BCUT2D eigenvalue weighted by Gasteiger charge is 2.08. The minimum Gasteiger partial charge on any atom is -0.481 e. The number of carboxylic acid groups (broad SMARTS) is 1. The van der Waals surface area contributed by atoms with Crippen LogP contribution < -0.4 is 0 Å². The first-order chi connectivity index (χ1) is 9.00. The van der Waals surface area contributed by atoms with Crippen LogP contribution in [0, 0.1) is 0 Å². The second-order valence-corrected chi connectivity index (χ2v) is 5.71. The van der Waals surface area contributed by atoms with Gasteiger partial charge in [-0.25, -0.2) is 0 Å². The number of unbranched alkanes of at least 4 members (excludes halogenated alkanes) is 1. The Morgan fingerprint density at radius 3 is 2.89 bits per heavy atom. The molecule has 0 aromatic carbocycles. The Morgan fingerprint density at radius 1 is 1.53 bits per heavy atom. The van der Waals surface area contributed by atoms with Gasteiger partial charge in [0.15, 0.2) is 5.16 Å². The fourth-order valence-corrected chi connectivity index (χ4v) is 2.20. The molecule has 0 amide bonds. The summed E-state index contributed by atoms with van der Waals surface area (Å²) in [5.74, 6) is -0.812. The molecule has 0 bridgehead atoms. The Hall–Kier alpha value is -1.08. The zero-order chi connectivity index (χ0) is 14.3. The van der Waals surface area contributed by atoms with Crippen LogP contribution in [-0.4, -0.2) is 56.1 Å². The smallest absolute Gasteiger partial charge is 0.313 e. The molecule has 6 nitrogen and oxygen atoms in total. The monoisotopic (exact) mass is 286 g/mol. The van der Waals surface area contributed by atoms with Gasteiger partial charge < -0.3 is 14.6 Å². The Kier molecular flexibility index (Phi) is 6.86. The number of thioether (sulfide) groups is 1. The van der Waals surface area contributed by atoms with E-state index in [0.717, 1.165) is 25.9 Å². The first kappa shape index (κ1) is 16.0. The molecule has 108 valence electrons. The molecule has 0 radical (unpaired) electrons. The second-order valence-electron chi connectivity index (χ2n) is 4.77. The number of carbonyl (C=O) groups is 1. The van der Waals surface area contributed by atoms with Crippen molar-refractivity contribution in [1.82, 2.24) is 19.7 Å². The molecule has 0 aliphatic carbocycles. The molecule has 1 rings (SSSR count). The lowest BCUT2D eigenvalue weighted by Crippen LogP contribution is -2.27. The van der Waals surface area contributed by atoms with Gasteiger partial charge in [-0.2, -0.15) is 0 Å².